The van der Waals surface area contributed by atoms with Crippen LogP contribution in [0.3, 0.4) is 0 Å². The normalized spacial score (nSPS) is 16.9. The average molecular weight is 382 g/mol. The zero-order valence-electron chi connectivity index (χ0n) is 17.1. The molecule has 8 heteroatoms. The summed E-state index contributed by atoms with van der Waals surface area (Å²) >= 11 is 0. The molecular weight excluding hydrogens is 356 g/mol. The first-order chi connectivity index (χ1) is 13.3. The summed E-state index contributed by atoms with van der Waals surface area (Å²) in [5, 5.41) is 13.2. The number of likely N-dealkylation sites (tertiary alicyclic amines) is 1. The molecule has 3 aromatic rings. The van der Waals surface area contributed by atoms with E-state index in [0.717, 1.165) is 53.3 Å². The monoisotopic (exact) mass is 382 g/mol. The van der Waals surface area contributed by atoms with E-state index in [4.69, 9.17) is 4.52 Å². The number of rotatable bonds is 4. The van der Waals surface area contributed by atoms with Gasteiger partial charge >= 0.3 is 0 Å². The van der Waals surface area contributed by atoms with Crippen LogP contribution in [-0.4, -0.2) is 42.1 Å². The average Bonchev–Trinajstić information content (AvgIpc) is 3.41. The van der Waals surface area contributed by atoms with Gasteiger partial charge < -0.3 is 9.42 Å². The fourth-order valence-corrected chi connectivity index (χ4v) is 3.94. The SMILES string of the molecule is Cc1cc(-c2cn(C)nc2C2CCCN2C(=O)Cn2nc(C)c(C)c2C)on1. The molecule has 0 aliphatic carbocycles. The molecule has 4 heterocycles. The second kappa shape index (κ2) is 6.92. The summed E-state index contributed by atoms with van der Waals surface area (Å²) in [6.45, 7) is 8.89. The van der Waals surface area contributed by atoms with Crippen molar-refractivity contribution >= 4 is 5.91 Å². The van der Waals surface area contributed by atoms with E-state index in [2.05, 4.69) is 15.4 Å². The molecule has 0 spiro atoms. The highest BCUT2D eigenvalue weighted by molar-refractivity contribution is 5.77. The molecule has 148 valence electrons. The number of aryl methyl sites for hydroxylation is 3. The van der Waals surface area contributed by atoms with Crippen LogP contribution in [0.5, 0.6) is 0 Å². The summed E-state index contributed by atoms with van der Waals surface area (Å²) in [6, 6.07) is 1.84. The lowest BCUT2D eigenvalue weighted by molar-refractivity contribution is -0.133. The molecule has 1 atom stereocenters. The summed E-state index contributed by atoms with van der Waals surface area (Å²) < 4.78 is 9.04. The van der Waals surface area contributed by atoms with Crippen LogP contribution in [0.2, 0.25) is 0 Å². The van der Waals surface area contributed by atoms with Gasteiger partial charge in [0.05, 0.1) is 28.7 Å². The molecule has 1 fully saturated rings. The molecule has 1 unspecified atom stereocenters. The zero-order valence-corrected chi connectivity index (χ0v) is 17.1. The fourth-order valence-electron chi connectivity index (χ4n) is 3.94. The third-order valence-corrected chi connectivity index (χ3v) is 5.67. The first-order valence-corrected chi connectivity index (χ1v) is 9.62. The lowest BCUT2D eigenvalue weighted by Gasteiger charge is -2.24. The quantitative estimate of drug-likeness (QED) is 0.693. The van der Waals surface area contributed by atoms with Gasteiger partial charge in [0.25, 0.3) is 0 Å². The predicted molar refractivity (Wildman–Crippen MR) is 104 cm³/mol. The van der Waals surface area contributed by atoms with Crippen molar-refractivity contribution < 1.29 is 9.32 Å². The first-order valence-electron chi connectivity index (χ1n) is 9.62. The van der Waals surface area contributed by atoms with E-state index in [1.807, 2.05) is 56.6 Å². The van der Waals surface area contributed by atoms with E-state index in [1.165, 1.54) is 0 Å². The lowest BCUT2D eigenvalue weighted by atomic mass is 10.1. The van der Waals surface area contributed by atoms with Gasteiger partial charge in [-0.05, 0) is 46.1 Å². The van der Waals surface area contributed by atoms with Gasteiger partial charge in [0.1, 0.15) is 6.54 Å². The maximum Gasteiger partial charge on any atom is 0.244 e. The van der Waals surface area contributed by atoms with E-state index in [0.29, 0.717) is 5.76 Å². The summed E-state index contributed by atoms with van der Waals surface area (Å²) in [6.07, 6.45) is 3.78. The van der Waals surface area contributed by atoms with Gasteiger partial charge in [0.2, 0.25) is 5.91 Å². The Hall–Kier alpha value is -2.90. The number of carbonyl (C=O) groups is 1. The topological polar surface area (TPSA) is 82.0 Å². The second-order valence-electron chi connectivity index (χ2n) is 7.63. The van der Waals surface area contributed by atoms with Crippen molar-refractivity contribution in [3.05, 3.63) is 40.6 Å². The molecular formula is C20H26N6O2. The molecule has 1 saturated heterocycles. The van der Waals surface area contributed by atoms with Crippen LogP contribution >= 0.6 is 0 Å². The molecule has 0 saturated carbocycles. The van der Waals surface area contributed by atoms with Crippen LogP contribution in [0.1, 0.15) is 47.2 Å². The van der Waals surface area contributed by atoms with Crippen LogP contribution in [0, 0.1) is 27.7 Å². The Morgan fingerprint density at radius 3 is 2.68 bits per heavy atom. The summed E-state index contributed by atoms with van der Waals surface area (Å²) in [5.74, 6) is 0.757. The Bertz CT molecular complexity index is 1030. The van der Waals surface area contributed by atoms with Gasteiger partial charge in [-0.3, -0.25) is 14.2 Å². The highest BCUT2D eigenvalue weighted by atomic mass is 16.5. The minimum atomic E-state index is -0.0628. The van der Waals surface area contributed by atoms with Crippen molar-refractivity contribution in [2.75, 3.05) is 6.54 Å². The van der Waals surface area contributed by atoms with E-state index < -0.39 is 0 Å². The molecule has 1 aliphatic heterocycles. The Kier molecular flexibility index (Phi) is 4.56. The predicted octanol–water partition coefficient (Wildman–Crippen LogP) is 2.87. The molecule has 28 heavy (non-hydrogen) atoms. The number of nitrogens with zero attached hydrogens (tertiary/aromatic N) is 6. The van der Waals surface area contributed by atoms with Crippen LogP contribution in [0.25, 0.3) is 11.3 Å². The van der Waals surface area contributed by atoms with Crippen LogP contribution < -0.4 is 0 Å². The minimum absolute atomic E-state index is 0.0628. The van der Waals surface area contributed by atoms with Crippen molar-refractivity contribution in [2.24, 2.45) is 7.05 Å². The van der Waals surface area contributed by atoms with Gasteiger partial charge in [-0.15, -0.1) is 0 Å². The molecule has 1 amide bonds. The van der Waals surface area contributed by atoms with Crippen molar-refractivity contribution in [1.82, 2.24) is 29.6 Å². The fraction of sp³-hybridized carbons (Fsp3) is 0.500. The molecule has 0 bridgehead atoms. The van der Waals surface area contributed by atoms with Crippen molar-refractivity contribution in [2.45, 2.75) is 53.1 Å². The molecule has 8 nitrogen and oxygen atoms in total. The summed E-state index contributed by atoms with van der Waals surface area (Å²) in [4.78, 5) is 15.1. The highest BCUT2D eigenvalue weighted by Gasteiger charge is 2.34. The third kappa shape index (κ3) is 3.12. The van der Waals surface area contributed by atoms with E-state index in [-0.39, 0.29) is 18.5 Å². The standard InChI is InChI=1S/C20H26N6O2/c1-12-9-18(28-23-12)16-10-24(5)22-20(16)17-7-6-8-25(17)19(27)11-26-15(4)13(2)14(3)21-26/h9-10,17H,6-8,11H2,1-5H3. The molecule has 1 aliphatic rings. The molecule has 0 aromatic carbocycles. The lowest BCUT2D eigenvalue weighted by Crippen LogP contribution is -2.34. The first kappa shape index (κ1) is 18.5. The number of amides is 1. The minimum Gasteiger partial charge on any atom is -0.356 e. The Balaban J connectivity index is 1.62. The van der Waals surface area contributed by atoms with Crippen molar-refractivity contribution in [3.63, 3.8) is 0 Å². The molecule has 0 N–H and O–H groups in total. The molecule has 4 rings (SSSR count). The number of carbonyl (C=O) groups excluding carboxylic acids is 1. The van der Waals surface area contributed by atoms with Gasteiger partial charge in [-0.1, -0.05) is 5.16 Å². The van der Waals surface area contributed by atoms with Crippen molar-refractivity contribution in [1.29, 1.82) is 0 Å². The number of hydrogen-bond acceptors (Lipinski definition) is 5. The smallest absolute Gasteiger partial charge is 0.244 e. The van der Waals surface area contributed by atoms with E-state index >= 15 is 0 Å². The Morgan fingerprint density at radius 1 is 1.25 bits per heavy atom. The maximum absolute atomic E-state index is 13.1. The highest BCUT2D eigenvalue weighted by Crippen LogP contribution is 2.37. The Labute approximate surface area is 164 Å². The maximum atomic E-state index is 13.1. The van der Waals surface area contributed by atoms with Crippen LogP contribution in [0.15, 0.2) is 16.8 Å². The Morgan fingerprint density at radius 2 is 2.04 bits per heavy atom. The van der Waals surface area contributed by atoms with Gasteiger partial charge in [-0.25, -0.2) is 0 Å². The van der Waals surface area contributed by atoms with Gasteiger partial charge in [-0.2, -0.15) is 10.2 Å². The van der Waals surface area contributed by atoms with Gasteiger partial charge in [0, 0.05) is 31.5 Å². The molecule has 0 radical (unpaired) electrons. The molecule has 3 aromatic heterocycles. The number of aromatic nitrogens is 5. The van der Waals surface area contributed by atoms with Crippen LogP contribution in [0.4, 0.5) is 0 Å². The zero-order chi connectivity index (χ0) is 20.0. The van der Waals surface area contributed by atoms with Crippen molar-refractivity contribution in [3.8, 4) is 11.3 Å². The van der Waals surface area contributed by atoms with E-state index in [1.54, 1.807) is 4.68 Å². The summed E-state index contributed by atoms with van der Waals surface area (Å²) in [5.41, 5.74) is 5.74. The second-order valence-corrected chi connectivity index (χ2v) is 7.63. The van der Waals surface area contributed by atoms with Crippen LogP contribution in [-0.2, 0) is 18.4 Å². The van der Waals surface area contributed by atoms with Gasteiger partial charge in [0.15, 0.2) is 5.76 Å². The largest absolute Gasteiger partial charge is 0.356 e. The third-order valence-electron chi connectivity index (χ3n) is 5.67. The summed E-state index contributed by atoms with van der Waals surface area (Å²) in [7, 11) is 1.88. The number of hydrogen-bond donors (Lipinski definition) is 0. The van der Waals surface area contributed by atoms with E-state index in [9.17, 15) is 4.79 Å².